The van der Waals surface area contributed by atoms with Gasteiger partial charge in [-0.05, 0) is 13.1 Å². The lowest BCUT2D eigenvalue weighted by molar-refractivity contribution is -0.135. The first-order chi connectivity index (χ1) is 10.0. The summed E-state index contributed by atoms with van der Waals surface area (Å²) in [6.45, 7) is 5.84. The Hall–Kier alpha value is -1.96. The molecule has 0 N–H and O–H groups in total. The van der Waals surface area contributed by atoms with Crippen molar-refractivity contribution in [3.05, 3.63) is 5.69 Å². The summed E-state index contributed by atoms with van der Waals surface area (Å²) in [5.74, 6) is -0.578. The molecule has 1 aromatic rings. The summed E-state index contributed by atoms with van der Waals surface area (Å²) >= 11 is 1.31. The van der Waals surface area contributed by atoms with Crippen LogP contribution in [0.4, 0.5) is 10.1 Å². The van der Waals surface area contributed by atoms with E-state index in [9.17, 15) is 4.79 Å². The maximum Gasteiger partial charge on any atom is 0.362 e. The molecule has 0 spiro atoms. The van der Waals surface area contributed by atoms with Crippen LogP contribution >= 0.6 is 11.3 Å². The highest BCUT2D eigenvalue weighted by molar-refractivity contribution is 7.19. The van der Waals surface area contributed by atoms with Gasteiger partial charge in [0, 0.05) is 14.1 Å². The number of carbonyl (C=O) groups is 1. The smallest absolute Gasteiger partial charge is 0.362 e. The lowest BCUT2D eigenvalue weighted by Gasteiger charge is -2.06. The average molecular weight is 312 g/mol. The van der Waals surface area contributed by atoms with Gasteiger partial charge in [0.2, 0.25) is 5.71 Å². The minimum atomic E-state index is -0.578. The van der Waals surface area contributed by atoms with Crippen molar-refractivity contribution in [2.45, 2.75) is 19.8 Å². The van der Waals surface area contributed by atoms with E-state index in [0.29, 0.717) is 22.4 Å². The number of unbranched alkanes of at least 4 members (excludes halogenated alkanes) is 1. The number of anilines is 1. The van der Waals surface area contributed by atoms with E-state index in [2.05, 4.69) is 21.8 Å². The number of carbonyl (C=O) groups excluding carboxylic acids is 1. The largest absolute Gasteiger partial charge is 0.461 e. The highest BCUT2D eigenvalue weighted by Crippen LogP contribution is 2.32. The second kappa shape index (κ2) is 8.35. The van der Waals surface area contributed by atoms with Crippen LogP contribution in [0.25, 0.3) is 0 Å². The van der Waals surface area contributed by atoms with Crippen LogP contribution in [0.5, 0.6) is 0 Å². The Labute approximate surface area is 128 Å². The molecule has 1 heterocycles. The minimum absolute atomic E-state index is 0.000327. The van der Waals surface area contributed by atoms with Crippen LogP contribution in [0.3, 0.4) is 0 Å². The zero-order chi connectivity index (χ0) is 15.8. The summed E-state index contributed by atoms with van der Waals surface area (Å²) < 4.78 is 5.16. The number of rotatable bonds is 8. The van der Waals surface area contributed by atoms with Gasteiger partial charge in [0.25, 0.3) is 0 Å². The van der Waals surface area contributed by atoms with Crippen molar-refractivity contribution in [3.8, 4) is 0 Å². The van der Waals surface area contributed by atoms with Crippen LogP contribution in [0.15, 0.2) is 10.1 Å². The third kappa shape index (κ3) is 4.52. The van der Waals surface area contributed by atoms with Gasteiger partial charge in [0.1, 0.15) is 17.8 Å². The summed E-state index contributed by atoms with van der Waals surface area (Å²) in [7, 11) is 5.06. The quantitative estimate of drug-likeness (QED) is 0.318. The fourth-order valence-electron chi connectivity index (χ4n) is 1.40. The first-order valence-electron chi connectivity index (χ1n) is 6.48. The van der Waals surface area contributed by atoms with E-state index in [4.69, 9.17) is 9.57 Å². The molecule has 116 valence electrons. The van der Waals surface area contributed by atoms with Gasteiger partial charge < -0.3 is 14.5 Å². The molecule has 0 aromatic carbocycles. The maximum absolute atomic E-state index is 12.1. The molecule has 7 nitrogen and oxygen atoms in total. The van der Waals surface area contributed by atoms with Crippen molar-refractivity contribution in [2.75, 3.05) is 32.7 Å². The molecule has 8 heteroatoms. The van der Waals surface area contributed by atoms with Crippen LogP contribution < -0.4 is 4.90 Å². The molecule has 0 saturated heterocycles. The van der Waals surface area contributed by atoms with Crippen LogP contribution in [-0.2, 0) is 14.4 Å². The molecule has 0 amide bonds. The normalized spacial score (nSPS) is 11.1. The van der Waals surface area contributed by atoms with Gasteiger partial charge in [0.05, 0.1) is 6.61 Å². The minimum Gasteiger partial charge on any atom is -0.461 e. The third-order valence-electron chi connectivity index (χ3n) is 2.46. The number of aromatic nitrogens is 1. The molecule has 0 radical (unpaired) electrons. The molecule has 1 aromatic heterocycles. The van der Waals surface area contributed by atoms with Crippen molar-refractivity contribution in [1.29, 1.82) is 0 Å². The van der Waals surface area contributed by atoms with E-state index in [-0.39, 0.29) is 5.71 Å². The topological polar surface area (TPSA) is 76.4 Å². The number of aliphatic imine (C=N–C) groups is 1. The molecule has 0 atom stereocenters. The molecule has 1 rings (SSSR count). The third-order valence-corrected chi connectivity index (χ3v) is 3.61. The fraction of sp³-hybridized carbons (Fsp3) is 0.538. The molecule has 0 aliphatic rings. The predicted octanol–water partition coefficient (Wildman–Crippen LogP) is 2.24. The maximum atomic E-state index is 12.1. The second-order valence-electron chi connectivity index (χ2n) is 4.31. The Balaban J connectivity index is 3.08. The van der Waals surface area contributed by atoms with Crippen LogP contribution in [0, 0.1) is 0 Å². The summed E-state index contributed by atoms with van der Waals surface area (Å²) in [6.07, 6.45) is 1.73. The van der Waals surface area contributed by atoms with Crippen molar-refractivity contribution < 1.29 is 14.4 Å². The van der Waals surface area contributed by atoms with Gasteiger partial charge in [-0.1, -0.05) is 29.8 Å². The van der Waals surface area contributed by atoms with E-state index in [0.717, 1.165) is 12.8 Å². The Bertz CT molecular complexity index is 525. The highest BCUT2D eigenvalue weighted by Gasteiger charge is 2.25. The summed E-state index contributed by atoms with van der Waals surface area (Å²) in [5, 5.41) is 4.93. The number of nitrogens with zero attached hydrogens (tertiary/aromatic N) is 4. The van der Waals surface area contributed by atoms with Gasteiger partial charge >= 0.3 is 5.97 Å². The van der Waals surface area contributed by atoms with Crippen LogP contribution in [0.1, 0.15) is 25.5 Å². The molecule has 0 saturated carbocycles. The molecule has 0 bridgehead atoms. The zero-order valence-corrected chi connectivity index (χ0v) is 13.6. The Kier molecular flexibility index (Phi) is 6.80. The van der Waals surface area contributed by atoms with Crippen molar-refractivity contribution in [1.82, 2.24) is 4.98 Å². The summed E-state index contributed by atoms with van der Waals surface area (Å²) in [4.78, 5) is 26.9. The number of esters is 1. The first kappa shape index (κ1) is 17.1. The van der Waals surface area contributed by atoms with E-state index in [1.54, 1.807) is 0 Å². The summed E-state index contributed by atoms with van der Waals surface area (Å²) in [6, 6.07) is 0. The molecule has 21 heavy (non-hydrogen) atoms. The van der Waals surface area contributed by atoms with E-state index < -0.39 is 5.97 Å². The number of hydrogen-bond donors (Lipinski definition) is 0. The van der Waals surface area contributed by atoms with Crippen molar-refractivity contribution in [3.63, 3.8) is 0 Å². The Morgan fingerprint density at radius 2 is 2.19 bits per heavy atom. The van der Waals surface area contributed by atoms with Crippen LogP contribution in [-0.4, -0.2) is 51.2 Å². The Morgan fingerprint density at radius 3 is 2.71 bits per heavy atom. The van der Waals surface area contributed by atoms with Gasteiger partial charge in [-0.3, -0.25) is 4.99 Å². The predicted molar refractivity (Wildman–Crippen MR) is 85.1 cm³/mol. The second-order valence-corrected chi connectivity index (χ2v) is 5.27. The number of ether oxygens (including phenoxy) is 1. The lowest BCUT2D eigenvalue weighted by atomic mass is 10.3. The first-order valence-corrected chi connectivity index (χ1v) is 7.30. The van der Waals surface area contributed by atoms with Gasteiger partial charge in [0.15, 0.2) is 5.13 Å². The molecular weight excluding hydrogens is 292 g/mol. The molecule has 0 aliphatic carbocycles. The molecular formula is C13H20N4O3S. The van der Waals surface area contributed by atoms with E-state index >= 15 is 0 Å². The van der Waals surface area contributed by atoms with Gasteiger partial charge in [-0.2, -0.15) is 0 Å². The zero-order valence-electron chi connectivity index (χ0n) is 12.8. The van der Waals surface area contributed by atoms with E-state index in [1.807, 2.05) is 25.9 Å². The monoisotopic (exact) mass is 312 g/mol. The molecule has 0 unspecified atom stereocenters. The number of oxime groups is 1. The Morgan fingerprint density at radius 1 is 1.48 bits per heavy atom. The molecule has 0 aliphatic heterocycles. The summed E-state index contributed by atoms with van der Waals surface area (Å²) in [5.41, 5.74) is 0.322. The van der Waals surface area contributed by atoms with Gasteiger partial charge in [-0.15, -0.1) is 0 Å². The number of thiazole rings is 1. The van der Waals surface area contributed by atoms with Crippen molar-refractivity contribution in [2.24, 2.45) is 10.1 Å². The average Bonchev–Trinajstić information content (AvgIpc) is 2.89. The molecule has 0 fully saturated rings. The highest BCUT2D eigenvalue weighted by atomic mass is 32.1. The van der Waals surface area contributed by atoms with Crippen LogP contribution in [0.2, 0.25) is 0 Å². The van der Waals surface area contributed by atoms with Gasteiger partial charge in [-0.25, -0.2) is 9.78 Å². The lowest BCUT2D eigenvalue weighted by Crippen LogP contribution is -2.20. The number of hydrogen-bond acceptors (Lipinski definition) is 8. The standard InChI is InChI=1S/C13H20N4O3S/c1-6-7-8-20-12(18)10(16-19-5)9-11(14-2)21-13(15-9)17(3)4/h2,6-8H2,1,3-5H3. The van der Waals surface area contributed by atoms with E-state index in [1.165, 1.54) is 18.4 Å². The fourth-order valence-corrected chi connectivity index (χ4v) is 2.20. The SMILES string of the molecule is C=Nc1sc(N(C)C)nc1C(=NOC)C(=O)OCCCC. The van der Waals surface area contributed by atoms with Crippen molar-refractivity contribution >= 4 is 39.9 Å².